The minimum absolute atomic E-state index is 0.0680. The fourth-order valence-corrected chi connectivity index (χ4v) is 4.08. The summed E-state index contributed by atoms with van der Waals surface area (Å²) in [6, 6.07) is 15.0. The van der Waals surface area contributed by atoms with Crippen LogP contribution < -0.4 is 0 Å². The van der Waals surface area contributed by atoms with Crippen LogP contribution in [0.3, 0.4) is 0 Å². The molecular weight excluding hydrogens is 270 g/mol. The summed E-state index contributed by atoms with van der Waals surface area (Å²) < 4.78 is 0. The molecule has 1 amide bonds. The molecule has 0 saturated carbocycles. The number of carbonyl (C=O) groups excluding carboxylic acids is 1. The highest BCUT2D eigenvalue weighted by Crippen LogP contribution is 2.46. The van der Waals surface area contributed by atoms with Crippen LogP contribution >= 0.6 is 0 Å². The zero-order valence-corrected chi connectivity index (χ0v) is 13.4. The fraction of sp³-hybridized carbons (Fsp3) is 0.350. The van der Waals surface area contributed by atoms with Crippen LogP contribution in [0, 0.1) is 6.92 Å². The highest BCUT2D eigenvalue weighted by atomic mass is 16.2. The summed E-state index contributed by atoms with van der Waals surface area (Å²) in [4.78, 5) is 14.9. The van der Waals surface area contributed by atoms with Crippen molar-refractivity contribution in [2.75, 3.05) is 0 Å². The second-order valence-corrected chi connectivity index (χ2v) is 7.28. The summed E-state index contributed by atoms with van der Waals surface area (Å²) in [5, 5.41) is 0. The number of aryl methyl sites for hydroxylation is 1. The smallest absolute Gasteiger partial charge is 0.255 e. The standard InChI is InChI=1S/C20H21NO/c1-13-8-9-14-12-21-18(11-20(2,3)17(14)10-13)15-6-4-5-7-16(15)19(21)22/h4-10,18H,11-12H2,1-3H3. The lowest BCUT2D eigenvalue weighted by molar-refractivity contribution is 0.0697. The quantitative estimate of drug-likeness (QED) is 0.705. The van der Waals surface area contributed by atoms with Crippen molar-refractivity contribution in [2.24, 2.45) is 0 Å². The maximum Gasteiger partial charge on any atom is 0.255 e. The molecule has 112 valence electrons. The molecule has 2 nitrogen and oxygen atoms in total. The van der Waals surface area contributed by atoms with Crippen LogP contribution in [-0.2, 0) is 12.0 Å². The van der Waals surface area contributed by atoms with Crippen molar-refractivity contribution in [2.45, 2.75) is 45.2 Å². The van der Waals surface area contributed by atoms with Gasteiger partial charge >= 0.3 is 0 Å². The molecule has 0 aliphatic carbocycles. The summed E-state index contributed by atoms with van der Waals surface area (Å²) in [7, 11) is 0. The van der Waals surface area contributed by atoms with Crippen molar-refractivity contribution in [3.8, 4) is 0 Å². The molecule has 0 N–H and O–H groups in total. The van der Waals surface area contributed by atoms with Gasteiger partial charge in [-0.1, -0.05) is 55.8 Å². The number of nitrogens with zero attached hydrogens (tertiary/aromatic N) is 1. The average Bonchev–Trinajstić information content (AvgIpc) is 2.67. The molecule has 2 heterocycles. The predicted octanol–water partition coefficient (Wildman–Crippen LogP) is 4.37. The summed E-state index contributed by atoms with van der Waals surface area (Å²) in [5.41, 5.74) is 6.13. The third-order valence-electron chi connectivity index (χ3n) is 5.23. The van der Waals surface area contributed by atoms with Gasteiger partial charge in [0.25, 0.3) is 5.91 Å². The molecule has 2 aliphatic rings. The van der Waals surface area contributed by atoms with Gasteiger partial charge < -0.3 is 4.90 Å². The Kier molecular flexibility index (Phi) is 2.75. The molecule has 0 saturated heterocycles. The van der Waals surface area contributed by atoms with Gasteiger partial charge in [-0.25, -0.2) is 0 Å². The molecular formula is C20H21NO. The monoisotopic (exact) mass is 291 g/mol. The van der Waals surface area contributed by atoms with E-state index in [0.717, 1.165) is 18.5 Å². The summed E-state index contributed by atoms with van der Waals surface area (Å²) >= 11 is 0. The molecule has 22 heavy (non-hydrogen) atoms. The van der Waals surface area contributed by atoms with Gasteiger partial charge in [-0.05, 0) is 41.5 Å². The summed E-state index contributed by atoms with van der Waals surface area (Å²) in [6.07, 6.45) is 0.978. The topological polar surface area (TPSA) is 20.3 Å². The maximum atomic E-state index is 12.8. The van der Waals surface area contributed by atoms with Crippen molar-refractivity contribution in [3.05, 3.63) is 70.3 Å². The van der Waals surface area contributed by atoms with E-state index in [2.05, 4.69) is 49.9 Å². The van der Waals surface area contributed by atoms with Gasteiger partial charge in [0.15, 0.2) is 0 Å². The van der Waals surface area contributed by atoms with Gasteiger partial charge in [-0.3, -0.25) is 4.79 Å². The number of hydrogen-bond acceptors (Lipinski definition) is 1. The van der Waals surface area contributed by atoms with E-state index in [9.17, 15) is 4.79 Å². The first-order chi connectivity index (χ1) is 10.5. The van der Waals surface area contributed by atoms with Gasteiger partial charge in [0, 0.05) is 12.1 Å². The Bertz CT molecular complexity index is 775. The number of hydrogen-bond donors (Lipinski definition) is 0. The van der Waals surface area contributed by atoms with Gasteiger partial charge in [0.2, 0.25) is 0 Å². The first-order valence-electron chi connectivity index (χ1n) is 7.97. The second-order valence-electron chi connectivity index (χ2n) is 7.28. The van der Waals surface area contributed by atoms with Crippen LogP contribution in [0.2, 0.25) is 0 Å². The van der Waals surface area contributed by atoms with Gasteiger partial charge in [0.1, 0.15) is 0 Å². The van der Waals surface area contributed by atoms with Crippen molar-refractivity contribution in [1.82, 2.24) is 4.90 Å². The lowest BCUT2D eigenvalue weighted by Gasteiger charge is -2.29. The second kappa shape index (κ2) is 4.45. The molecule has 1 atom stereocenters. The maximum absolute atomic E-state index is 12.8. The van der Waals surface area contributed by atoms with Gasteiger partial charge in [-0.2, -0.15) is 0 Å². The summed E-state index contributed by atoms with van der Waals surface area (Å²) in [6.45, 7) is 7.47. The SMILES string of the molecule is Cc1ccc2c(c1)C(C)(C)CC1c3ccccc3C(=O)N1C2. The molecule has 0 radical (unpaired) electrons. The molecule has 0 bridgehead atoms. The van der Waals surface area contributed by atoms with Gasteiger partial charge in [-0.15, -0.1) is 0 Å². The van der Waals surface area contributed by atoms with Crippen molar-refractivity contribution in [1.29, 1.82) is 0 Å². The summed E-state index contributed by atoms with van der Waals surface area (Å²) in [5.74, 6) is 0.185. The number of fused-ring (bicyclic) bond motifs is 4. The van der Waals surface area contributed by atoms with E-state index in [1.54, 1.807) is 0 Å². The number of rotatable bonds is 0. The van der Waals surface area contributed by atoms with Crippen LogP contribution in [0.5, 0.6) is 0 Å². The Balaban J connectivity index is 1.87. The molecule has 2 aromatic rings. The van der Waals surface area contributed by atoms with Crippen LogP contribution in [-0.4, -0.2) is 10.8 Å². The molecule has 2 aromatic carbocycles. The molecule has 0 aromatic heterocycles. The largest absolute Gasteiger partial charge is 0.327 e. The molecule has 0 spiro atoms. The number of carbonyl (C=O) groups is 1. The van der Waals surface area contributed by atoms with Crippen molar-refractivity contribution in [3.63, 3.8) is 0 Å². The molecule has 0 fully saturated rings. The van der Waals surface area contributed by atoms with Crippen molar-refractivity contribution >= 4 is 5.91 Å². The highest BCUT2D eigenvalue weighted by molar-refractivity contribution is 5.99. The van der Waals surface area contributed by atoms with E-state index in [0.29, 0.717) is 0 Å². The molecule has 2 heteroatoms. The first-order valence-corrected chi connectivity index (χ1v) is 7.97. The minimum Gasteiger partial charge on any atom is -0.327 e. The molecule has 2 aliphatic heterocycles. The normalized spacial score (nSPS) is 21.9. The Labute approximate surface area is 131 Å². The van der Waals surface area contributed by atoms with Crippen molar-refractivity contribution < 1.29 is 4.79 Å². The van der Waals surface area contributed by atoms with E-state index in [1.807, 2.05) is 18.2 Å². The predicted molar refractivity (Wildman–Crippen MR) is 87.9 cm³/mol. The van der Waals surface area contributed by atoms with Crippen LogP contribution in [0.4, 0.5) is 0 Å². The Morgan fingerprint density at radius 1 is 1.14 bits per heavy atom. The van der Waals surface area contributed by atoms with E-state index < -0.39 is 0 Å². The molecule has 4 rings (SSSR count). The first kappa shape index (κ1) is 13.6. The van der Waals surface area contributed by atoms with E-state index in [1.165, 1.54) is 22.3 Å². The molecule has 1 unspecified atom stereocenters. The fourth-order valence-electron chi connectivity index (χ4n) is 4.08. The minimum atomic E-state index is 0.0680. The zero-order valence-electron chi connectivity index (χ0n) is 13.4. The van der Waals surface area contributed by atoms with Crippen LogP contribution in [0.1, 0.15) is 58.9 Å². The Hall–Kier alpha value is -2.09. The van der Waals surface area contributed by atoms with Crippen LogP contribution in [0.25, 0.3) is 0 Å². The van der Waals surface area contributed by atoms with E-state index >= 15 is 0 Å². The average molecular weight is 291 g/mol. The zero-order chi connectivity index (χ0) is 15.5. The van der Waals surface area contributed by atoms with E-state index in [4.69, 9.17) is 0 Å². The number of benzene rings is 2. The highest BCUT2D eigenvalue weighted by Gasteiger charge is 2.42. The van der Waals surface area contributed by atoms with Gasteiger partial charge in [0.05, 0.1) is 6.04 Å². The lowest BCUT2D eigenvalue weighted by atomic mass is 9.76. The Morgan fingerprint density at radius 3 is 2.73 bits per heavy atom. The number of amides is 1. The Morgan fingerprint density at radius 2 is 1.91 bits per heavy atom. The lowest BCUT2D eigenvalue weighted by Crippen LogP contribution is -2.28. The van der Waals surface area contributed by atoms with E-state index in [-0.39, 0.29) is 17.4 Å². The third-order valence-corrected chi connectivity index (χ3v) is 5.23. The third kappa shape index (κ3) is 1.83. The van der Waals surface area contributed by atoms with Crippen LogP contribution in [0.15, 0.2) is 42.5 Å².